The maximum atomic E-state index is 13.4. The standard InChI is InChI=1S/C27H20ClFN2O2S2/c28-21-5-1-2-6-23(21)35-25-22(32)15-27(31-26(25)33,18-12-13-34-16-18)24-7-3-4-20(30-24)14-17-8-10-19(29)11-9-17/h1-13,16,25H,14-15H2,(H,31,33). The zero-order chi connectivity index (χ0) is 24.4. The van der Waals surface area contributed by atoms with Crippen molar-refractivity contribution in [2.45, 2.75) is 28.5 Å². The van der Waals surface area contributed by atoms with Gasteiger partial charge < -0.3 is 5.32 Å². The van der Waals surface area contributed by atoms with Crippen molar-refractivity contribution in [2.24, 2.45) is 0 Å². The number of carbonyl (C=O) groups excluding carboxylic acids is 2. The number of hydrogen-bond acceptors (Lipinski definition) is 5. The van der Waals surface area contributed by atoms with E-state index in [2.05, 4.69) is 5.32 Å². The lowest BCUT2D eigenvalue weighted by Crippen LogP contribution is -2.58. The van der Waals surface area contributed by atoms with Crippen LogP contribution in [0.15, 0.2) is 88.5 Å². The molecule has 2 atom stereocenters. The number of pyridine rings is 1. The highest BCUT2D eigenvalue weighted by Crippen LogP contribution is 2.41. The van der Waals surface area contributed by atoms with Crippen LogP contribution in [-0.4, -0.2) is 21.9 Å². The first-order chi connectivity index (χ1) is 16.9. The van der Waals surface area contributed by atoms with Gasteiger partial charge in [0.25, 0.3) is 0 Å². The zero-order valence-electron chi connectivity index (χ0n) is 18.4. The normalized spacial score (nSPS) is 20.0. The van der Waals surface area contributed by atoms with Crippen LogP contribution in [0.2, 0.25) is 5.02 Å². The third-order valence-corrected chi connectivity index (χ3v) is 8.39. The molecule has 1 aliphatic rings. The number of piperidine rings is 1. The van der Waals surface area contributed by atoms with E-state index in [1.54, 1.807) is 30.3 Å². The van der Waals surface area contributed by atoms with Gasteiger partial charge in [-0.05, 0) is 64.4 Å². The molecule has 0 saturated carbocycles. The highest BCUT2D eigenvalue weighted by Gasteiger charge is 2.48. The largest absolute Gasteiger partial charge is 0.339 e. The number of nitrogens with one attached hydrogen (secondary N) is 1. The van der Waals surface area contributed by atoms with E-state index in [4.69, 9.17) is 16.6 Å². The second kappa shape index (κ2) is 9.93. The number of rotatable bonds is 6. The molecule has 0 radical (unpaired) electrons. The maximum Gasteiger partial charge on any atom is 0.242 e. The molecule has 176 valence electrons. The Bertz CT molecular complexity index is 1360. The fourth-order valence-corrected chi connectivity index (χ4v) is 6.19. The van der Waals surface area contributed by atoms with Gasteiger partial charge in [0.2, 0.25) is 5.91 Å². The van der Waals surface area contributed by atoms with Crippen molar-refractivity contribution in [3.8, 4) is 0 Å². The van der Waals surface area contributed by atoms with Gasteiger partial charge in [-0.1, -0.05) is 41.9 Å². The number of aromatic nitrogens is 1. The lowest BCUT2D eigenvalue weighted by Gasteiger charge is -2.39. The summed E-state index contributed by atoms with van der Waals surface area (Å²) in [6.45, 7) is 0. The number of amides is 1. The Kier molecular flexibility index (Phi) is 6.73. The fourth-order valence-electron chi connectivity index (χ4n) is 4.22. The van der Waals surface area contributed by atoms with Crippen LogP contribution in [0.1, 0.15) is 28.9 Å². The number of nitrogens with zero attached hydrogens (tertiary/aromatic N) is 1. The predicted octanol–water partition coefficient (Wildman–Crippen LogP) is 6.02. The van der Waals surface area contributed by atoms with Gasteiger partial charge in [-0.25, -0.2) is 4.39 Å². The fraction of sp³-hybridized carbons (Fsp3) is 0.148. The monoisotopic (exact) mass is 522 g/mol. The van der Waals surface area contributed by atoms with Gasteiger partial charge in [-0.15, -0.1) is 11.8 Å². The molecule has 8 heteroatoms. The van der Waals surface area contributed by atoms with Crippen LogP contribution >= 0.6 is 34.7 Å². The van der Waals surface area contributed by atoms with E-state index in [-0.39, 0.29) is 23.9 Å². The number of hydrogen-bond donors (Lipinski definition) is 1. The maximum absolute atomic E-state index is 13.4. The van der Waals surface area contributed by atoms with Crippen LogP contribution in [0.4, 0.5) is 4.39 Å². The lowest BCUT2D eigenvalue weighted by molar-refractivity contribution is -0.133. The van der Waals surface area contributed by atoms with Crippen molar-refractivity contribution in [3.05, 3.63) is 117 Å². The van der Waals surface area contributed by atoms with Gasteiger partial charge in [0, 0.05) is 23.4 Å². The highest BCUT2D eigenvalue weighted by molar-refractivity contribution is 8.01. The predicted molar refractivity (Wildman–Crippen MR) is 137 cm³/mol. The molecule has 0 aliphatic carbocycles. The number of ketones is 1. The Balaban J connectivity index is 1.48. The molecule has 1 saturated heterocycles. The van der Waals surface area contributed by atoms with E-state index in [0.717, 1.165) is 28.6 Å². The number of halogens is 2. The van der Waals surface area contributed by atoms with Gasteiger partial charge in [0.15, 0.2) is 5.78 Å². The number of benzene rings is 2. The molecule has 35 heavy (non-hydrogen) atoms. The molecule has 2 aromatic heterocycles. The first-order valence-electron chi connectivity index (χ1n) is 10.9. The van der Waals surface area contributed by atoms with Crippen molar-refractivity contribution in [3.63, 3.8) is 0 Å². The number of carbonyl (C=O) groups is 2. The molecule has 1 fully saturated rings. The van der Waals surface area contributed by atoms with Crippen LogP contribution in [0.25, 0.3) is 0 Å². The Morgan fingerprint density at radius 1 is 1.06 bits per heavy atom. The van der Waals surface area contributed by atoms with Crippen molar-refractivity contribution >= 4 is 46.4 Å². The number of thiophene rings is 1. The Hall–Kier alpha value is -3.00. The van der Waals surface area contributed by atoms with E-state index in [0.29, 0.717) is 22.0 Å². The molecule has 0 spiro atoms. The topological polar surface area (TPSA) is 59.1 Å². The quantitative estimate of drug-likeness (QED) is 0.315. The van der Waals surface area contributed by atoms with Crippen LogP contribution in [0, 0.1) is 5.82 Å². The van der Waals surface area contributed by atoms with Crippen LogP contribution in [0.5, 0.6) is 0 Å². The molecule has 1 amide bonds. The molecule has 0 bridgehead atoms. The average molecular weight is 523 g/mol. The molecule has 4 aromatic rings. The molecule has 1 aliphatic heterocycles. The summed E-state index contributed by atoms with van der Waals surface area (Å²) in [5.41, 5.74) is 2.03. The van der Waals surface area contributed by atoms with Crippen molar-refractivity contribution in [1.82, 2.24) is 10.3 Å². The zero-order valence-corrected chi connectivity index (χ0v) is 20.8. The molecule has 4 nitrogen and oxygen atoms in total. The second-order valence-electron chi connectivity index (χ2n) is 8.30. The van der Waals surface area contributed by atoms with E-state index >= 15 is 0 Å². The van der Waals surface area contributed by atoms with Crippen LogP contribution < -0.4 is 5.32 Å². The summed E-state index contributed by atoms with van der Waals surface area (Å²) in [5, 5.41) is 6.59. The smallest absolute Gasteiger partial charge is 0.242 e. The summed E-state index contributed by atoms with van der Waals surface area (Å²) in [4.78, 5) is 32.3. The van der Waals surface area contributed by atoms with E-state index < -0.39 is 10.8 Å². The van der Waals surface area contributed by atoms with Gasteiger partial charge in [-0.2, -0.15) is 11.3 Å². The van der Waals surface area contributed by atoms with Crippen molar-refractivity contribution in [2.75, 3.05) is 0 Å². The van der Waals surface area contributed by atoms with E-state index in [1.807, 2.05) is 41.1 Å². The van der Waals surface area contributed by atoms with Gasteiger partial charge >= 0.3 is 0 Å². The summed E-state index contributed by atoms with van der Waals surface area (Å²) in [5.74, 6) is -0.849. The molecule has 2 aromatic carbocycles. The minimum Gasteiger partial charge on any atom is -0.339 e. The highest BCUT2D eigenvalue weighted by atomic mass is 35.5. The summed E-state index contributed by atoms with van der Waals surface area (Å²) < 4.78 is 13.3. The molecule has 2 unspecified atom stereocenters. The van der Waals surface area contributed by atoms with Crippen LogP contribution in [0.3, 0.4) is 0 Å². The summed E-state index contributed by atoms with van der Waals surface area (Å²) in [7, 11) is 0. The molecule has 1 N–H and O–H groups in total. The minimum atomic E-state index is -1.06. The molecular formula is C27H20ClFN2O2S2. The van der Waals surface area contributed by atoms with E-state index in [9.17, 15) is 14.0 Å². The number of Topliss-reactive ketones (excluding diaryl/α,β-unsaturated/α-hetero) is 1. The molecule has 3 heterocycles. The Labute approximate surface area is 215 Å². The minimum absolute atomic E-state index is 0.0740. The summed E-state index contributed by atoms with van der Waals surface area (Å²) >= 11 is 8.93. The second-order valence-corrected chi connectivity index (χ2v) is 10.6. The SMILES string of the molecule is O=C1CC(c2ccsc2)(c2cccc(Cc3ccc(F)cc3)n2)NC(=O)C1Sc1ccccc1Cl. The Morgan fingerprint density at radius 2 is 1.86 bits per heavy atom. The average Bonchev–Trinajstić information content (AvgIpc) is 3.40. The third kappa shape index (κ3) is 4.89. The first kappa shape index (κ1) is 23.7. The summed E-state index contributed by atoms with van der Waals surface area (Å²) in [6.07, 6.45) is 0.575. The first-order valence-corrected chi connectivity index (χ1v) is 13.1. The van der Waals surface area contributed by atoms with E-state index in [1.165, 1.54) is 23.5 Å². The van der Waals surface area contributed by atoms with Gasteiger partial charge in [0.05, 0.1) is 10.7 Å². The molecular weight excluding hydrogens is 503 g/mol. The van der Waals surface area contributed by atoms with Crippen LogP contribution in [-0.2, 0) is 21.5 Å². The molecule has 5 rings (SSSR count). The third-order valence-electron chi connectivity index (χ3n) is 5.94. The van der Waals surface area contributed by atoms with Gasteiger partial charge in [-0.3, -0.25) is 14.6 Å². The number of thioether (sulfide) groups is 1. The lowest BCUT2D eigenvalue weighted by atomic mass is 9.79. The summed E-state index contributed by atoms with van der Waals surface area (Å²) in [6, 6.07) is 21.0. The van der Waals surface area contributed by atoms with Crippen molar-refractivity contribution < 1.29 is 14.0 Å². The van der Waals surface area contributed by atoms with Gasteiger partial charge in [0.1, 0.15) is 16.6 Å². The Morgan fingerprint density at radius 3 is 2.57 bits per heavy atom. The van der Waals surface area contributed by atoms with Crippen molar-refractivity contribution in [1.29, 1.82) is 0 Å².